The number of guanidine groups is 1. The third-order valence-corrected chi connectivity index (χ3v) is 3.73. The average Bonchev–Trinajstić information content (AvgIpc) is 3.13. The first-order valence-electron chi connectivity index (χ1n) is 8.65. The smallest absolute Gasteiger partial charge is 0.224 e. The number of halogens is 1. The topological polar surface area (TPSA) is 70.4 Å². The summed E-state index contributed by atoms with van der Waals surface area (Å²) < 4.78 is 2.12. The van der Waals surface area contributed by atoms with E-state index in [4.69, 9.17) is 0 Å². The largest absolute Gasteiger partial charge is 0.355 e. The van der Waals surface area contributed by atoms with Crippen LogP contribution in [-0.4, -0.2) is 30.0 Å². The van der Waals surface area contributed by atoms with Gasteiger partial charge in [-0.3, -0.25) is 9.79 Å². The average molecular weight is 469 g/mol. The van der Waals surface area contributed by atoms with Crippen LogP contribution in [0.3, 0.4) is 0 Å². The van der Waals surface area contributed by atoms with Gasteiger partial charge in [-0.05, 0) is 36.2 Å². The number of nitrogens with zero attached hydrogens (tertiary/aromatic N) is 2. The van der Waals surface area contributed by atoms with Crippen molar-refractivity contribution in [2.45, 2.75) is 32.9 Å². The second-order valence-electron chi connectivity index (χ2n) is 5.77. The summed E-state index contributed by atoms with van der Waals surface area (Å²) in [4.78, 5) is 15.8. The SMILES string of the molecule is CCCC(=O)Nc1ccc(CNC(=NC)NCCn2cccc2)cc1.I. The molecule has 7 heteroatoms. The highest BCUT2D eigenvalue weighted by atomic mass is 127. The number of aliphatic imine (C=N–C) groups is 1. The lowest BCUT2D eigenvalue weighted by Gasteiger charge is -2.13. The fraction of sp³-hybridized carbons (Fsp3) is 0.368. The molecule has 1 aromatic carbocycles. The number of hydrogen-bond donors (Lipinski definition) is 3. The van der Waals surface area contributed by atoms with Gasteiger partial charge in [-0.2, -0.15) is 0 Å². The molecule has 0 unspecified atom stereocenters. The second kappa shape index (κ2) is 12.3. The number of nitrogens with one attached hydrogen (secondary N) is 3. The maximum absolute atomic E-state index is 11.6. The molecule has 2 rings (SSSR count). The quantitative estimate of drug-likeness (QED) is 0.316. The Labute approximate surface area is 172 Å². The zero-order chi connectivity index (χ0) is 17.9. The van der Waals surface area contributed by atoms with Crippen molar-refractivity contribution in [1.82, 2.24) is 15.2 Å². The Balaban J connectivity index is 0.00000338. The van der Waals surface area contributed by atoms with Crippen LogP contribution < -0.4 is 16.0 Å². The maximum atomic E-state index is 11.6. The maximum Gasteiger partial charge on any atom is 0.224 e. The van der Waals surface area contributed by atoms with Gasteiger partial charge in [0.05, 0.1) is 0 Å². The summed E-state index contributed by atoms with van der Waals surface area (Å²) in [6, 6.07) is 11.9. The Morgan fingerprint density at radius 3 is 2.42 bits per heavy atom. The zero-order valence-electron chi connectivity index (χ0n) is 15.4. The molecule has 2 aromatic rings. The van der Waals surface area contributed by atoms with Crippen molar-refractivity contribution in [2.75, 3.05) is 18.9 Å². The van der Waals surface area contributed by atoms with Crippen LogP contribution in [0, 0.1) is 0 Å². The molecule has 0 fully saturated rings. The van der Waals surface area contributed by atoms with Crippen molar-refractivity contribution < 1.29 is 4.79 Å². The van der Waals surface area contributed by atoms with E-state index >= 15 is 0 Å². The van der Waals surface area contributed by atoms with E-state index in [0.29, 0.717) is 13.0 Å². The molecule has 0 atom stereocenters. The lowest BCUT2D eigenvalue weighted by molar-refractivity contribution is -0.116. The first-order valence-corrected chi connectivity index (χ1v) is 8.65. The Bertz CT molecular complexity index is 668. The molecule has 6 nitrogen and oxygen atoms in total. The number of carbonyl (C=O) groups is 1. The van der Waals surface area contributed by atoms with E-state index in [1.165, 1.54) is 0 Å². The van der Waals surface area contributed by atoms with Gasteiger partial charge in [-0.15, -0.1) is 24.0 Å². The van der Waals surface area contributed by atoms with Crippen molar-refractivity contribution in [3.8, 4) is 0 Å². The number of hydrogen-bond acceptors (Lipinski definition) is 2. The van der Waals surface area contributed by atoms with Crippen molar-refractivity contribution in [2.24, 2.45) is 4.99 Å². The molecule has 0 aliphatic rings. The van der Waals surface area contributed by atoms with E-state index in [9.17, 15) is 4.79 Å². The van der Waals surface area contributed by atoms with Crippen LogP contribution >= 0.6 is 24.0 Å². The van der Waals surface area contributed by atoms with E-state index in [1.807, 2.05) is 55.7 Å². The molecule has 1 aromatic heterocycles. The van der Waals surface area contributed by atoms with E-state index in [0.717, 1.165) is 36.7 Å². The monoisotopic (exact) mass is 469 g/mol. The first-order chi connectivity index (χ1) is 12.2. The highest BCUT2D eigenvalue weighted by Gasteiger charge is 2.02. The normalized spacial score (nSPS) is 10.8. The minimum absolute atomic E-state index is 0. The van der Waals surface area contributed by atoms with Gasteiger partial charge in [0.15, 0.2) is 5.96 Å². The predicted molar refractivity (Wildman–Crippen MR) is 118 cm³/mol. The van der Waals surface area contributed by atoms with Crippen LogP contribution in [0.2, 0.25) is 0 Å². The molecule has 1 amide bonds. The molecule has 142 valence electrons. The Morgan fingerprint density at radius 2 is 1.81 bits per heavy atom. The highest BCUT2D eigenvalue weighted by Crippen LogP contribution is 2.10. The molecule has 3 N–H and O–H groups in total. The van der Waals surface area contributed by atoms with Crippen LogP contribution in [0.4, 0.5) is 5.69 Å². The van der Waals surface area contributed by atoms with Gasteiger partial charge in [0.2, 0.25) is 5.91 Å². The minimum Gasteiger partial charge on any atom is -0.355 e. The van der Waals surface area contributed by atoms with Gasteiger partial charge in [0, 0.05) is 51.2 Å². The summed E-state index contributed by atoms with van der Waals surface area (Å²) in [6.07, 6.45) is 5.48. The summed E-state index contributed by atoms with van der Waals surface area (Å²) in [5, 5.41) is 9.47. The molecule has 26 heavy (non-hydrogen) atoms. The highest BCUT2D eigenvalue weighted by molar-refractivity contribution is 14.0. The molecule has 0 saturated carbocycles. The number of rotatable bonds is 8. The van der Waals surface area contributed by atoms with Gasteiger partial charge in [-0.25, -0.2) is 0 Å². The second-order valence-corrected chi connectivity index (χ2v) is 5.77. The lowest BCUT2D eigenvalue weighted by Crippen LogP contribution is -2.38. The summed E-state index contributed by atoms with van der Waals surface area (Å²) in [5.41, 5.74) is 1.96. The first kappa shape index (κ1) is 22.0. The number of carbonyl (C=O) groups excluding carboxylic acids is 1. The van der Waals surface area contributed by atoms with Crippen molar-refractivity contribution >= 4 is 41.5 Å². The Kier molecular flexibility index (Phi) is 10.5. The summed E-state index contributed by atoms with van der Waals surface area (Å²) in [6.45, 7) is 4.36. The molecular formula is C19H28IN5O. The zero-order valence-corrected chi connectivity index (χ0v) is 17.7. The molecule has 0 aliphatic carbocycles. The van der Waals surface area contributed by atoms with Crippen molar-refractivity contribution in [3.63, 3.8) is 0 Å². The van der Waals surface area contributed by atoms with Gasteiger partial charge >= 0.3 is 0 Å². The number of anilines is 1. The predicted octanol–water partition coefficient (Wildman–Crippen LogP) is 3.21. The van der Waals surface area contributed by atoms with Crippen LogP contribution in [0.15, 0.2) is 53.8 Å². The Morgan fingerprint density at radius 1 is 1.12 bits per heavy atom. The summed E-state index contributed by atoms with van der Waals surface area (Å²) in [5.74, 6) is 0.827. The van der Waals surface area contributed by atoms with E-state index in [-0.39, 0.29) is 29.9 Å². The summed E-state index contributed by atoms with van der Waals surface area (Å²) in [7, 11) is 1.76. The van der Waals surface area contributed by atoms with E-state index < -0.39 is 0 Å². The fourth-order valence-corrected chi connectivity index (χ4v) is 2.39. The van der Waals surface area contributed by atoms with E-state index in [2.05, 4.69) is 25.5 Å². The Hall–Kier alpha value is -2.03. The fourth-order valence-electron chi connectivity index (χ4n) is 2.39. The standard InChI is InChI=1S/C19H27N5O.HI/c1-3-6-18(25)23-17-9-7-16(8-10-17)15-22-19(20-2)21-11-14-24-12-4-5-13-24;/h4-5,7-10,12-13H,3,6,11,14-15H2,1-2H3,(H,23,25)(H2,20,21,22);1H. The molecule has 0 radical (unpaired) electrons. The molecule has 0 saturated heterocycles. The van der Waals surface area contributed by atoms with Gasteiger partial charge in [0.25, 0.3) is 0 Å². The van der Waals surface area contributed by atoms with Crippen molar-refractivity contribution in [1.29, 1.82) is 0 Å². The lowest BCUT2D eigenvalue weighted by atomic mass is 10.2. The molecule has 0 aliphatic heterocycles. The summed E-state index contributed by atoms with van der Waals surface area (Å²) >= 11 is 0. The number of amides is 1. The molecule has 0 bridgehead atoms. The number of benzene rings is 1. The third kappa shape index (κ3) is 7.90. The van der Waals surface area contributed by atoms with Crippen molar-refractivity contribution in [3.05, 3.63) is 54.4 Å². The van der Waals surface area contributed by atoms with Crippen LogP contribution in [0.1, 0.15) is 25.3 Å². The van der Waals surface area contributed by atoms with Crippen LogP contribution in [0.5, 0.6) is 0 Å². The van der Waals surface area contributed by atoms with Gasteiger partial charge < -0.3 is 20.5 Å². The molecule has 0 spiro atoms. The van der Waals surface area contributed by atoms with E-state index in [1.54, 1.807) is 7.05 Å². The third-order valence-electron chi connectivity index (χ3n) is 3.73. The van der Waals surface area contributed by atoms with Crippen LogP contribution in [0.25, 0.3) is 0 Å². The minimum atomic E-state index is 0. The van der Waals surface area contributed by atoms with Gasteiger partial charge in [0.1, 0.15) is 0 Å². The molecule has 1 heterocycles. The van der Waals surface area contributed by atoms with Gasteiger partial charge in [-0.1, -0.05) is 19.1 Å². The van der Waals surface area contributed by atoms with Crippen LogP contribution in [-0.2, 0) is 17.9 Å². The molecular weight excluding hydrogens is 441 g/mol. The number of aromatic nitrogens is 1.